The lowest BCUT2D eigenvalue weighted by Crippen LogP contribution is -2.49. The highest BCUT2D eigenvalue weighted by Gasteiger charge is 2.26. The zero-order valence-corrected chi connectivity index (χ0v) is 14.2. The number of hydrogen-bond donors (Lipinski definition) is 1. The molecule has 124 valence electrons. The fourth-order valence-electron chi connectivity index (χ4n) is 3.04. The van der Waals surface area contributed by atoms with Gasteiger partial charge in [0.15, 0.2) is 0 Å². The van der Waals surface area contributed by atoms with E-state index in [-0.39, 0.29) is 30.1 Å². The van der Waals surface area contributed by atoms with Crippen LogP contribution in [-0.4, -0.2) is 52.2 Å². The summed E-state index contributed by atoms with van der Waals surface area (Å²) in [5.41, 5.74) is 0. The van der Waals surface area contributed by atoms with Crippen molar-refractivity contribution in [1.82, 2.24) is 19.8 Å². The molecule has 0 aromatic carbocycles. The molecule has 0 aliphatic carbocycles. The summed E-state index contributed by atoms with van der Waals surface area (Å²) >= 11 is 0. The second-order valence-corrected chi connectivity index (χ2v) is 6.64. The molecule has 6 nitrogen and oxygen atoms in total. The molecule has 1 aromatic heterocycles. The van der Waals surface area contributed by atoms with E-state index in [0.717, 1.165) is 18.9 Å². The maximum absolute atomic E-state index is 12.4. The number of hydrogen-bond acceptors (Lipinski definition) is 4. The number of ether oxygens (including phenoxy) is 1. The summed E-state index contributed by atoms with van der Waals surface area (Å²) in [4.78, 5) is 18.9. The van der Waals surface area contributed by atoms with Crippen molar-refractivity contribution in [2.45, 2.75) is 45.9 Å². The summed E-state index contributed by atoms with van der Waals surface area (Å²) in [6, 6.07) is -0.0663. The zero-order valence-electron chi connectivity index (χ0n) is 14.2. The normalized spacial score (nSPS) is 24.5. The van der Waals surface area contributed by atoms with Crippen molar-refractivity contribution in [3.8, 4) is 0 Å². The Bertz CT molecular complexity index is 490. The largest absolute Gasteiger partial charge is 0.373 e. The zero-order chi connectivity index (χ0) is 16.3. The average Bonchev–Trinajstić information content (AvgIpc) is 2.80. The second-order valence-electron chi connectivity index (χ2n) is 6.64. The van der Waals surface area contributed by atoms with Crippen molar-refractivity contribution in [2.75, 3.05) is 19.6 Å². The number of morpholine rings is 1. The molecule has 1 fully saturated rings. The Hall–Kier alpha value is -1.40. The van der Waals surface area contributed by atoms with Crippen LogP contribution in [0.25, 0.3) is 0 Å². The number of amides is 1. The predicted octanol–water partition coefficient (Wildman–Crippen LogP) is 1.34. The van der Waals surface area contributed by atoms with Gasteiger partial charge in [0, 0.05) is 32.5 Å². The number of nitrogens with zero attached hydrogens (tertiary/aromatic N) is 3. The van der Waals surface area contributed by atoms with Gasteiger partial charge in [-0.3, -0.25) is 9.69 Å². The molecule has 0 spiro atoms. The molecule has 6 heteroatoms. The summed E-state index contributed by atoms with van der Waals surface area (Å²) < 4.78 is 7.67. The minimum atomic E-state index is -0.0663. The van der Waals surface area contributed by atoms with Crippen LogP contribution in [0.15, 0.2) is 12.4 Å². The van der Waals surface area contributed by atoms with Gasteiger partial charge in [0.25, 0.3) is 0 Å². The second kappa shape index (κ2) is 7.24. The van der Waals surface area contributed by atoms with Crippen LogP contribution in [0.1, 0.15) is 39.6 Å². The third-order valence-corrected chi connectivity index (χ3v) is 3.98. The SMILES string of the molecule is CC(C)C(NC(=O)CN1C[C@@H](C)O[C@@H](C)C1)c1nccn1C. The molecule has 3 atom stereocenters. The maximum atomic E-state index is 12.4. The molecule has 2 heterocycles. The van der Waals surface area contributed by atoms with E-state index < -0.39 is 0 Å². The quantitative estimate of drug-likeness (QED) is 0.892. The molecular formula is C16H28N4O2. The lowest BCUT2D eigenvalue weighted by atomic mass is 10.0. The Balaban J connectivity index is 1.96. The molecule has 1 aliphatic heterocycles. The van der Waals surface area contributed by atoms with Gasteiger partial charge in [-0.05, 0) is 19.8 Å². The van der Waals surface area contributed by atoms with Crippen LogP contribution in [0, 0.1) is 5.92 Å². The monoisotopic (exact) mass is 308 g/mol. The Labute approximate surface area is 132 Å². The summed E-state index contributed by atoms with van der Waals surface area (Å²) in [5, 5.41) is 3.13. The third-order valence-electron chi connectivity index (χ3n) is 3.98. The first-order chi connectivity index (χ1) is 10.4. The standard InChI is InChI=1S/C16H28N4O2/c1-11(2)15(16-17-6-7-19(16)5)18-14(21)10-20-8-12(3)22-13(4)9-20/h6-7,11-13,15H,8-10H2,1-5H3,(H,18,21)/t12-,13+,15?. The van der Waals surface area contributed by atoms with E-state index in [0.29, 0.717) is 6.54 Å². The average molecular weight is 308 g/mol. The van der Waals surface area contributed by atoms with Gasteiger partial charge >= 0.3 is 0 Å². The number of aromatic nitrogens is 2. The van der Waals surface area contributed by atoms with Gasteiger partial charge in [0.2, 0.25) is 5.91 Å². The topological polar surface area (TPSA) is 59.4 Å². The van der Waals surface area contributed by atoms with E-state index >= 15 is 0 Å². The van der Waals surface area contributed by atoms with Crippen LogP contribution in [0.3, 0.4) is 0 Å². The van der Waals surface area contributed by atoms with E-state index in [9.17, 15) is 4.79 Å². The Kier molecular flexibility index (Phi) is 5.58. The van der Waals surface area contributed by atoms with Crippen LogP contribution in [-0.2, 0) is 16.6 Å². The van der Waals surface area contributed by atoms with E-state index in [1.807, 2.05) is 31.7 Å². The van der Waals surface area contributed by atoms with Gasteiger partial charge in [-0.15, -0.1) is 0 Å². The first kappa shape index (κ1) is 17.0. The van der Waals surface area contributed by atoms with Crippen molar-refractivity contribution >= 4 is 5.91 Å². The summed E-state index contributed by atoms with van der Waals surface area (Å²) in [6.45, 7) is 10.3. The van der Waals surface area contributed by atoms with Crippen LogP contribution in [0.2, 0.25) is 0 Å². The van der Waals surface area contributed by atoms with Gasteiger partial charge in [-0.25, -0.2) is 4.98 Å². The number of aryl methyl sites for hydroxylation is 1. The molecule has 22 heavy (non-hydrogen) atoms. The Morgan fingerprint density at radius 2 is 2.05 bits per heavy atom. The molecule has 1 aliphatic rings. The van der Waals surface area contributed by atoms with Crippen LogP contribution < -0.4 is 5.32 Å². The number of carbonyl (C=O) groups is 1. The highest BCUT2D eigenvalue weighted by atomic mass is 16.5. The van der Waals surface area contributed by atoms with Gasteiger partial charge < -0.3 is 14.6 Å². The first-order valence-electron chi connectivity index (χ1n) is 8.01. The van der Waals surface area contributed by atoms with Crippen LogP contribution in [0.5, 0.6) is 0 Å². The molecular weight excluding hydrogens is 280 g/mol. The Morgan fingerprint density at radius 1 is 1.41 bits per heavy atom. The molecule has 1 unspecified atom stereocenters. The molecule has 1 aromatic rings. The van der Waals surface area contributed by atoms with Crippen molar-refractivity contribution in [3.63, 3.8) is 0 Å². The van der Waals surface area contributed by atoms with Gasteiger partial charge in [0.1, 0.15) is 5.82 Å². The van der Waals surface area contributed by atoms with Gasteiger partial charge in [-0.1, -0.05) is 13.8 Å². The number of carbonyl (C=O) groups excluding carboxylic acids is 1. The number of imidazole rings is 1. The molecule has 2 rings (SSSR count). The van der Waals surface area contributed by atoms with Crippen molar-refractivity contribution in [3.05, 3.63) is 18.2 Å². The highest BCUT2D eigenvalue weighted by Crippen LogP contribution is 2.19. The number of nitrogens with one attached hydrogen (secondary N) is 1. The van der Waals surface area contributed by atoms with Crippen molar-refractivity contribution < 1.29 is 9.53 Å². The maximum Gasteiger partial charge on any atom is 0.234 e. The van der Waals surface area contributed by atoms with Crippen molar-refractivity contribution in [1.29, 1.82) is 0 Å². The van der Waals surface area contributed by atoms with Gasteiger partial charge in [-0.2, -0.15) is 0 Å². The molecule has 0 bridgehead atoms. The third kappa shape index (κ3) is 4.30. The molecule has 1 N–H and O–H groups in total. The molecule has 0 radical (unpaired) electrons. The van der Waals surface area contributed by atoms with E-state index in [1.54, 1.807) is 6.20 Å². The van der Waals surface area contributed by atoms with Gasteiger partial charge in [0.05, 0.1) is 24.8 Å². The van der Waals surface area contributed by atoms with E-state index in [1.165, 1.54) is 0 Å². The predicted molar refractivity (Wildman–Crippen MR) is 85.4 cm³/mol. The lowest BCUT2D eigenvalue weighted by molar-refractivity contribution is -0.127. The molecule has 1 saturated heterocycles. The first-order valence-corrected chi connectivity index (χ1v) is 8.01. The van der Waals surface area contributed by atoms with Crippen molar-refractivity contribution in [2.24, 2.45) is 13.0 Å². The molecule has 0 saturated carbocycles. The fourth-order valence-corrected chi connectivity index (χ4v) is 3.04. The lowest BCUT2D eigenvalue weighted by Gasteiger charge is -2.35. The minimum absolute atomic E-state index is 0.0444. The van der Waals surface area contributed by atoms with Crippen LogP contribution in [0.4, 0.5) is 0 Å². The molecule has 1 amide bonds. The van der Waals surface area contributed by atoms with E-state index in [2.05, 4.69) is 29.0 Å². The highest BCUT2D eigenvalue weighted by molar-refractivity contribution is 5.78. The smallest absolute Gasteiger partial charge is 0.234 e. The Morgan fingerprint density at radius 3 is 2.55 bits per heavy atom. The van der Waals surface area contributed by atoms with Crippen LogP contribution >= 0.6 is 0 Å². The fraction of sp³-hybridized carbons (Fsp3) is 0.750. The summed E-state index contributed by atoms with van der Waals surface area (Å²) in [6.07, 6.45) is 4.02. The summed E-state index contributed by atoms with van der Waals surface area (Å²) in [5.74, 6) is 1.22. The number of rotatable bonds is 5. The summed E-state index contributed by atoms with van der Waals surface area (Å²) in [7, 11) is 1.95. The minimum Gasteiger partial charge on any atom is -0.373 e. The van der Waals surface area contributed by atoms with E-state index in [4.69, 9.17) is 4.74 Å².